The second-order valence-corrected chi connectivity index (χ2v) is 6.29. The molecule has 5 nitrogen and oxygen atoms in total. The molecule has 1 fully saturated rings. The van der Waals surface area contributed by atoms with Crippen LogP contribution in [0.5, 0.6) is 0 Å². The maximum Gasteiger partial charge on any atom is 0.287 e. The highest BCUT2D eigenvalue weighted by Gasteiger charge is 2.27. The summed E-state index contributed by atoms with van der Waals surface area (Å²) in [4.78, 5) is 10.3. The van der Waals surface area contributed by atoms with E-state index in [0.29, 0.717) is 11.3 Å². The van der Waals surface area contributed by atoms with Gasteiger partial charge in [-0.2, -0.15) is 17.0 Å². The molecule has 0 radical (unpaired) electrons. The van der Waals surface area contributed by atoms with E-state index in [9.17, 15) is 10.1 Å². The van der Waals surface area contributed by atoms with Crippen LogP contribution in [-0.2, 0) is 0 Å². The van der Waals surface area contributed by atoms with Crippen molar-refractivity contribution in [1.29, 1.82) is 5.26 Å². The van der Waals surface area contributed by atoms with Crippen molar-refractivity contribution in [3.63, 3.8) is 0 Å². The lowest BCUT2D eigenvalue weighted by Crippen LogP contribution is -2.26. The van der Waals surface area contributed by atoms with E-state index in [1.54, 1.807) is 12.1 Å². The fourth-order valence-corrected chi connectivity index (χ4v) is 3.79. The fraction of sp³-hybridized carbons (Fsp3) is 0.500. The van der Waals surface area contributed by atoms with Gasteiger partial charge in [0, 0.05) is 23.0 Å². The van der Waals surface area contributed by atoms with E-state index in [1.807, 2.05) is 17.8 Å². The molecule has 0 amide bonds. The minimum Gasteiger partial charge on any atom is -0.381 e. The number of hydrogen-bond donors (Lipinski definition) is 1. The van der Waals surface area contributed by atoms with Crippen LogP contribution >= 0.6 is 11.8 Å². The summed E-state index contributed by atoms with van der Waals surface area (Å²) in [5, 5.41) is 23.8. The van der Waals surface area contributed by atoms with E-state index in [4.69, 9.17) is 5.26 Å². The Balaban J connectivity index is 2.14. The quantitative estimate of drug-likeness (QED) is 0.663. The van der Waals surface area contributed by atoms with Crippen LogP contribution < -0.4 is 5.32 Å². The van der Waals surface area contributed by atoms with Crippen LogP contribution in [0, 0.1) is 21.4 Å². The van der Waals surface area contributed by atoms with Crippen LogP contribution in [-0.4, -0.2) is 22.0 Å². The van der Waals surface area contributed by atoms with Gasteiger partial charge in [0.1, 0.15) is 11.6 Å². The number of nitrogens with one attached hydrogen (secondary N) is 1. The molecule has 1 aliphatic rings. The maximum atomic E-state index is 10.8. The zero-order valence-electron chi connectivity index (χ0n) is 11.3. The Kier molecular flexibility index (Phi) is 4.85. The number of benzene rings is 1. The Bertz CT molecular complexity index is 542. The van der Waals surface area contributed by atoms with Crippen molar-refractivity contribution < 1.29 is 4.92 Å². The third kappa shape index (κ3) is 3.23. The smallest absolute Gasteiger partial charge is 0.287 e. The van der Waals surface area contributed by atoms with E-state index in [2.05, 4.69) is 12.2 Å². The Morgan fingerprint density at radius 2 is 2.35 bits per heavy atom. The Morgan fingerprint density at radius 1 is 1.55 bits per heavy atom. The molecule has 1 aliphatic carbocycles. The molecule has 0 heterocycles. The number of anilines is 1. The minimum atomic E-state index is -0.520. The lowest BCUT2D eigenvalue weighted by Gasteiger charge is -2.21. The number of nitriles is 1. The molecule has 0 bridgehead atoms. The van der Waals surface area contributed by atoms with Crippen LogP contribution in [0.1, 0.15) is 31.7 Å². The Morgan fingerprint density at radius 3 is 3.00 bits per heavy atom. The zero-order chi connectivity index (χ0) is 14.5. The number of rotatable bonds is 5. The van der Waals surface area contributed by atoms with Gasteiger partial charge in [-0.25, -0.2) is 0 Å². The molecule has 0 spiro atoms. The average molecular weight is 291 g/mol. The van der Waals surface area contributed by atoms with Gasteiger partial charge in [0.2, 0.25) is 0 Å². The zero-order valence-corrected chi connectivity index (χ0v) is 12.2. The van der Waals surface area contributed by atoms with Gasteiger partial charge < -0.3 is 5.32 Å². The van der Waals surface area contributed by atoms with Crippen molar-refractivity contribution in [1.82, 2.24) is 0 Å². The minimum absolute atomic E-state index is 0.109. The van der Waals surface area contributed by atoms with Gasteiger partial charge in [-0.15, -0.1) is 0 Å². The Labute approximate surface area is 122 Å². The van der Waals surface area contributed by atoms with Crippen LogP contribution in [0.3, 0.4) is 0 Å². The number of thioether (sulfide) groups is 1. The van der Waals surface area contributed by atoms with Crippen molar-refractivity contribution in [2.45, 2.75) is 37.5 Å². The normalized spacial score (nSPS) is 21.4. The summed E-state index contributed by atoms with van der Waals surface area (Å²) in [6.07, 6.45) is 3.51. The van der Waals surface area contributed by atoms with Gasteiger partial charge in [0.05, 0.1) is 4.92 Å². The van der Waals surface area contributed by atoms with Crippen molar-refractivity contribution in [3.8, 4) is 6.07 Å². The molecule has 1 saturated carbocycles. The van der Waals surface area contributed by atoms with E-state index in [0.717, 1.165) is 17.9 Å². The predicted molar refractivity (Wildman–Crippen MR) is 81.0 cm³/mol. The SMILES string of the molecule is CCSC1CCCC1Nc1ccc([N+](=O)[O-])c(C#N)c1. The topological polar surface area (TPSA) is 79.0 Å². The fourth-order valence-electron chi connectivity index (χ4n) is 2.59. The second kappa shape index (κ2) is 6.62. The maximum absolute atomic E-state index is 10.8. The van der Waals surface area contributed by atoms with Crippen LogP contribution in [0.25, 0.3) is 0 Å². The molecular weight excluding hydrogens is 274 g/mol. The highest BCUT2D eigenvalue weighted by Crippen LogP contribution is 2.32. The molecule has 2 rings (SSSR count). The molecule has 1 N–H and O–H groups in total. The van der Waals surface area contributed by atoms with Crippen LogP contribution in [0.2, 0.25) is 0 Å². The highest BCUT2D eigenvalue weighted by molar-refractivity contribution is 7.99. The van der Waals surface area contributed by atoms with Crippen molar-refractivity contribution in [2.75, 3.05) is 11.1 Å². The van der Waals surface area contributed by atoms with Gasteiger partial charge in [-0.3, -0.25) is 10.1 Å². The summed E-state index contributed by atoms with van der Waals surface area (Å²) >= 11 is 1.95. The standard InChI is InChI=1S/C14H17N3O2S/c1-2-20-14-5-3-4-12(14)16-11-6-7-13(17(18)19)10(8-11)9-15/h6-8,12,14,16H,2-5H2,1H3. The average Bonchev–Trinajstić information content (AvgIpc) is 2.86. The first-order valence-corrected chi connectivity index (χ1v) is 7.77. The first-order chi connectivity index (χ1) is 9.65. The first-order valence-electron chi connectivity index (χ1n) is 6.72. The molecule has 20 heavy (non-hydrogen) atoms. The van der Waals surface area contributed by atoms with Crippen molar-refractivity contribution in [2.24, 2.45) is 0 Å². The molecule has 2 unspecified atom stereocenters. The Hall–Kier alpha value is -1.74. The lowest BCUT2D eigenvalue weighted by molar-refractivity contribution is -0.385. The third-order valence-corrected chi connectivity index (χ3v) is 4.82. The number of nitro benzene ring substituents is 1. The van der Waals surface area contributed by atoms with Gasteiger partial charge in [-0.05, 0) is 30.7 Å². The first kappa shape index (κ1) is 14.7. The summed E-state index contributed by atoms with van der Waals surface area (Å²) in [6, 6.07) is 6.93. The van der Waals surface area contributed by atoms with Gasteiger partial charge in [-0.1, -0.05) is 13.3 Å². The molecule has 0 aliphatic heterocycles. The highest BCUT2D eigenvalue weighted by atomic mass is 32.2. The monoisotopic (exact) mass is 291 g/mol. The summed E-state index contributed by atoms with van der Waals surface area (Å²) < 4.78 is 0. The van der Waals surface area contributed by atoms with Crippen LogP contribution in [0.4, 0.5) is 11.4 Å². The van der Waals surface area contributed by atoms with E-state index in [-0.39, 0.29) is 11.3 Å². The molecule has 0 aromatic heterocycles. The molecule has 1 aromatic carbocycles. The van der Waals surface area contributed by atoms with Crippen molar-refractivity contribution in [3.05, 3.63) is 33.9 Å². The molecule has 1 aromatic rings. The molecule has 6 heteroatoms. The predicted octanol–water partition coefficient (Wildman–Crippen LogP) is 3.55. The van der Waals surface area contributed by atoms with Gasteiger partial charge in [0.15, 0.2) is 0 Å². The molecular formula is C14H17N3O2S. The summed E-state index contributed by atoms with van der Waals surface area (Å²) in [5.41, 5.74) is 0.766. The lowest BCUT2D eigenvalue weighted by atomic mass is 10.1. The summed E-state index contributed by atoms with van der Waals surface area (Å²) in [5.74, 6) is 1.09. The van der Waals surface area contributed by atoms with Crippen LogP contribution in [0.15, 0.2) is 18.2 Å². The van der Waals surface area contributed by atoms with E-state index in [1.165, 1.54) is 18.9 Å². The van der Waals surface area contributed by atoms with Gasteiger partial charge >= 0.3 is 0 Å². The van der Waals surface area contributed by atoms with Crippen molar-refractivity contribution >= 4 is 23.1 Å². The third-order valence-electron chi connectivity index (χ3n) is 3.50. The number of nitro groups is 1. The second-order valence-electron chi connectivity index (χ2n) is 4.78. The molecule has 2 atom stereocenters. The number of nitrogens with zero attached hydrogens (tertiary/aromatic N) is 2. The number of hydrogen-bond acceptors (Lipinski definition) is 5. The van der Waals surface area contributed by atoms with Gasteiger partial charge in [0.25, 0.3) is 5.69 Å². The largest absolute Gasteiger partial charge is 0.381 e. The molecule has 0 saturated heterocycles. The molecule has 106 valence electrons. The van der Waals surface area contributed by atoms with E-state index < -0.39 is 4.92 Å². The van der Waals surface area contributed by atoms with E-state index >= 15 is 0 Å². The summed E-state index contributed by atoms with van der Waals surface area (Å²) in [6.45, 7) is 2.15. The summed E-state index contributed by atoms with van der Waals surface area (Å²) in [7, 11) is 0.